The number of hydrogen-bond donors (Lipinski definition) is 2. The number of ether oxygens (including phenoxy) is 1. The molecule has 0 spiro atoms. The molecule has 0 aliphatic carbocycles. The highest BCUT2D eigenvalue weighted by Gasteiger charge is 2.19. The molecule has 1 fully saturated rings. The zero-order valence-corrected chi connectivity index (χ0v) is 17.7. The number of hydrogen-bond acceptors (Lipinski definition) is 6. The van der Waals surface area contributed by atoms with Gasteiger partial charge >= 0.3 is 5.97 Å². The summed E-state index contributed by atoms with van der Waals surface area (Å²) in [6.07, 6.45) is 3.79. The largest absolute Gasteiger partial charge is 0.478 e. The van der Waals surface area contributed by atoms with Gasteiger partial charge in [0, 0.05) is 54.7 Å². The third-order valence-corrected chi connectivity index (χ3v) is 5.66. The van der Waals surface area contributed by atoms with Gasteiger partial charge in [-0.25, -0.2) is 14.8 Å². The van der Waals surface area contributed by atoms with Crippen molar-refractivity contribution < 1.29 is 14.6 Å². The molecule has 1 aliphatic rings. The Morgan fingerprint density at radius 2 is 1.94 bits per heavy atom. The van der Waals surface area contributed by atoms with E-state index in [1.54, 1.807) is 18.3 Å². The van der Waals surface area contributed by atoms with Crippen LogP contribution in [0.4, 0.5) is 17.3 Å². The Bertz CT molecular complexity index is 1290. The van der Waals surface area contributed by atoms with Gasteiger partial charge in [0.25, 0.3) is 0 Å². The number of carbonyl (C=O) groups is 1. The Hall–Kier alpha value is -3.91. The standard InChI is InChI=1S/C24H23N5O3/c1-28-15-19(17-4-2-3-5-21(17)28)20-8-9-25-24(27-20)26-16-6-7-18(23(30)31)22(14-16)29-10-12-32-13-11-29/h2-9,14-15H,10-13H2,1H3,(H,30,31)(H,25,26,27). The van der Waals surface area contributed by atoms with E-state index in [2.05, 4.69) is 33.2 Å². The van der Waals surface area contributed by atoms with Crippen molar-refractivity contribution in [1.29, 1.82) is 0 Å². The minimum Gasteiger partial charge on any atom is -0.478 e. The number of morpholine rings is 1. The molecule has 8 nitrogen and oxygen atoms in total. The molecule has 162 valence electrons. The van der Waals surface area contributed by atoms with Crippen molar-refractivity contribution in [2.75, 3.05) is 36.5 Å². The number of carboxylic acid groups (broad SMARTS) is 1. The summed E-state index contributed by atoms with van der Waals surface area (Å²) in [4.78, 5) is 22.9. The zero-order chi connectivity index (χ0) is 22.1. The Morgan fingerprint density at radius 1 is 1.12 bits per heavy atom. The average molecular weight is 429 g/mol. The van der Waals surface area contributed by atoms with Gasteiger partial charge in [0.2, 0.25) is 5.95 Å². The van der Waals surface area contributed by atoms with E-state index < -0.39 is 5.97 Å². The second-order valence-electron chi connectivity index (χ2n) is 7.70. The molecule has 5 rings (SSSR count). The molecule has 8 heteroatoms. The summed E-state index contributed by atoms with van der Waals surface area (Å²) >= 11 is 0. The quantitative estimate of drug-likeness (QED) is 0.497. The van der Waals surface area contributed by atoms with Crippen LogP contribution in [0.1, 0.15) is 10.4 Å². The Labute approximate surface area is 185 Å². The van der Waals surface area contributed by atoms with E-state index in [4.69, 9.17) is 9.72 Å². The summed E-state index contributed by atoms with van der Waals surface area (Å²) in [6, 6.07) is 15.3. The van der Waals surface area contributed by atoms with Crippen molar-refractivity contribution in [2.45, 2.75) is 0 Å². The lowest BCUT2D eigenvalue weighted by Crippen LogP contribution is -2.37. The van der Waals surface area contributed by atoms with E-state index in [1.165, 1.54) is 0 Å². The first-order valence-corrected chi connectivity index (χ1v) is 10.4. The molecule has 4 aromatic rings. The number of aromatic nitrogens is 3. The second kappa shape index (κ2) is 8.32. The van der Waals surface area contributed by atoms with Gasteiger partial charge in [-0.3, -0.25) is 0 Å². The van der Waals surface area contributed by atoms with Crippen molar-refractivity contribution in [3.05, 3.63) is 66.5 Å². The number of rotatable bonds is 5. The molecule has 1 saturated heterocycles. The van der Waals surface area contributed by atoms with E-state index in [-0.39, 0.29) is 5.56 Å². The van der Waals surface area contributed by atoms with Crippen LogP contribution in [-0.4, -0.2) is 51.9 Å². The first kappa shape index (κ1) is 20.0. The Kier molecular flexibility index (Phi) is 5.20. The van der Waals surface area contributed by atoms with Crippen molar-refractivity contribution in [1.82, 2.24) is 14.5 Å². The van der Waals surface area contributed by atoms with Crippen molar-refractivity contribution in [3.8, 4) is 11.3 Å². The summed E-state index contributed by atoms with van der Waals surface area (Å²) < 4.78 is 7.49. The minimum absolute atomic E-state index is 0.267. The van der Waals surface area contributed by atoms with Gasteiger partial charge in [0.1, 0.15) is 0 Å². The van der Waals surface area contributed by atoms with Gasteiger partial charge in [-0.05, 0) is 30.3 Å². The number of benzene rings is 2. The maximum absolute atomic E-state index is 11.7. The number of aromatic carboxylic acids is 1. The molecule has 2 N–H and O–H groups in total. The topological polar surface area (TPSA) is 92.5 Å². The number of carboxylic acids is 1. The Morgan fingerprint density at radius 3 is 2.75 bits per heavy atom. The zero-order valence-electron chi connectivity index (χ0n) is 17.7. The summed E-state index contributed by atoms with van der Waals surface area (Å²) in [5.74, 6) is -0.501. The second-order valence-corrected chi connectivity index (χ2v) is 7.70. The van der Waals surface area contributed by atoms with Crippen LogP contribution < -0.4 is 10.2 Å². The lowest BCUT2D eigenvalue weighted by atomic mass is 10.1. The molecule has 3 heterocycles. The number of anilines is 3. The molecule has 0 bridgehead atoms. The number of nitrogens with one attached hydrogen (secondary N) is 1. The van der Waals surface area contributed by atoms with Crippen LogP contribution in [0, 0.1) is 0 Å². The highest BCUT2D eigenvalue weighted by Crippen LogP contribution is 2.30. The molecule has 0 unspecified atom stereocenters. The molecule has 1 aliphatic heterocycles. The molecule has 0 saturated carbocycles. The van der Waals surface area contributed by atoms with Crippen LogP contribution in [0.5, 0.6) is 0 Å². The smallest absolute Gasteiger partial charge is 0.337 e. The summed E-state index contributed by atoms with van der Waals surface area (Å²) in [5.41, 5.74) is 4.64. The number of aryl methyl sites for hydroxylation is 1. The number of para-hydroxylation sites is 1. The third kappa shape index (κ3) is 3.76. The summed E-state index contributed by atoms with van der Waals surface area (Å²) in [7, 11) is 2.02. The van der Waals surface area contributed by atoms with Gasteiger partial charge in [-0.15, -0.1) is 0 Å². The van der Waals surface area contributed by atoms with E-state index in [0.717, 1.165) is 27.8 Å². The molecule has 0 atom stereocenters. The van der Waals surface area contributed by atoms with Gasteiger partial charge < -0.3 is 24.6 Å². The highest BCUT2D eigenvalue weighted by atomic mass is 16.5. The highest BCUT2D eigenvalue weighted by molar-refractivity contribution is 5.96. The number of fused-ring (bicyclic) bond motifs is 1. The molecule has 2 aromatic carbocycles. The van der Waals surface area contributed by atoms with Gasteiger partial charge in [0.05, 0.1) is 30.2 Å². The van der Waals surface area contributed by atoms with Crippen LogP contribution in [0.3, 0.4) is 0 Å². The number of nitrogens with zero attached hydrogens (tertiary/aromatic N) is 4. The third-order valence-electron chi connectivity index (χ3n) is 5.66. The van der Waals surface area contributed by atoms with Crippen LogP contribution >= 0.6 is 0 Å². The fourth-order valence-corrected chi connectivity index (χ4v) is 4.10. The fraction of sp³-hybridized carbons (Fsp3) is 0.208. The normalized spacial score (nSPS) is 14.0. The van der Waals surface area contributed by atoms with Crippen molar-refractivity contribution in [3.63, 3.8) is 0 Å². The van der Waals surface area contributed by atoms with Crippen LogP contribution in [0.25, 0.3) is 22.2 Å². The Balaban J connectivity index is 1.47. The predicted molar refractivity (Wildman–Crippen MR) is 124 cm³/mol. The monoisotopic (exact) mass is 429 g/mol. The van der Waals surface area contributed by atoms with Crippen molar-refractivity contribution >= 4 is 34.2 Å². The molecule has 2 aromatic heterocycles. The van der Waals surface area contributed by atoms with Gasteiger partial charge in [-0.1, -0.05) is 18.2 Å². The minimum atomic E-state index is -0.952. The SMILES string of the molecule is Cn1cc(-c2ccnc(Nc3ccc(C(=O)O)c(N4CCOCC4)c3)n2)c2ccccc21. The van der Waals surface area contributed by atoms with E-state index in [1.807, 2.05) is 36.2 Å². The van der Waals surface area contributed by atoms with Crippen LogP contribution in [0.15, 0.2) is 60.9 Å². The van der Waals surface area contributed by atoms with Crippen molar-refractivity contribution in [2.24, 2.45) is 7.05 Å². The van der Waals surface area contributed by atoms with E-state index in [9.17, 15) is 9.90 Å². The molecule has 0 radical (unpaired) electrons. The lowest BCUT2D eigenvalue weighted by Gasteiger charge is -2.30. The fourth-order valence-electron chi connectivity index (χ4n) is 4.10. The maximum Gasteiger partial charge on any atom is 0.337 e. The molecule has 32 heavy (non-hydrogen) atoms. The summed E-state index contributed by atoms with van der Waals surface area (Å²) in [5, 5.41) is 14.0. The average Bonchev–Trinajstić information content (AvgIpc) is 3.16. The molecular weight excluding hydrogens is 406 g/mol. The lowest BCUT2D eigenvalue weighted by molar-refractivity contribution is 0.0696. The molecule has 0 amide bonds. The van der Waals surface area contributed by atoms with Crippen LogP contribution in [-0.2, 0) is 11.8 Å². The summed E-state index contributed by atoms with van der Waals surface area (Å²) in [6.45, 7) is 2.45. The van der Waals surface area contributed by atoms with E-state index in [0.29, 0.717) is 37.9 Å². The maximum atomic E-state index is 11.7. The first-order valence-electron chi connectivity index (χ1n) is 10.4. The first-order chi connectivity index (χ1) is 15.6. The predicted octanol–water partition coefficient (Wildman–Crippen LogP) is 3.91. The van der Waals surface area contributed by atoms with Gasteiger partial charge in [0.15, 0.2) is 0 Å². The van der Waals surface area contributed by atoms with Gasteiger partial charge in [-0.2, -0.15) is 0 Å². The van der Waals surface area contributed by atoms with Crippen LogP contribution in [0.2, 0.25) is 0 Å². The molecular formula is C24H23N5O3. The van der Waals surface area contributed by atoms with E-state index >= 15 is 0 Å².